The zero-order valence-corrected chi connectivity index (χ0v) is 11.3. The summed E-state index contributed by atoms with van der Waals surface area (Å²) in [7, 11) is 0. The Morgan fingerprint density at radius 2 is 2.25 bits per heavy atom. The normalized spacial score (nSPS) is 36.4. The maximum atomic E-state index is 3.57. The quantitative estimate of drug-likeness (QED) is 0.788. The first-order chi connectivity index (χ1) is 7.66. The Hall–Kier alpha value is -0.0800. The predicted molar refractivity (Wildman–Crippen MR) is 69.6 cm³/mol. The Bertz CT molecular complexity index is 219. The third-order valence-electron chi connectivity index (χ3n) is 4.99. The second-order valence-electron chi connectivity index (χ2n) is 6.24. The topological polar surface area (TPSA) is 15.3 Å². The van der Waals surface area contributed by atoms with E-state index in [9.17, 15) is 0 Å². The Morgan fingerprint density at radius 1 is 1.44 bits per heavy atom. The summed E-state index contributed by atoms with van der Waals surface area (Å²) >= 11 is 0. The second kappa shape index (κ2) is 5.05. The summed E-state index contributed by atoms with van der Waals surface area (Å²) in [5.74, 6) is 1.78. The van der Waals surface area contributed by atoms with E-state index in [2.05, 4.69) is 31.0 Å². The second-order valence-corrected chi connectivity index (χ2v) is 6.24. The molecule has 0 aromatic rings. The first-order valence-electron chi connectivity index (χ1n) is 7.09. The fraction of sp³-hybridized carbons (Fsp3) is 1.00. The highest BCUT2D eigenvalue weighted by Crippen LogP contribution is 2.36. The Balaban J connectivity index is 1.92. The zero-order valence-electron chi connectivity index (χ0n) is 11.3. The van der Waals surface area contributed by atoms with E-state index in [1.54, 1.807) is 0 Å². The molecule has 16 heavy (non-hydrogen) atoms. The molecule has 94 valence electrons. The van der Waals surface area contributed by atoms with Gasteiger partial charge in [-0.2, -0.15) is 0 Å². The molecule has 0 aromatic heterocycles. The van der Waals surface area contributed by atoms with Crippen LogP contribution in [0.4, 0.5) is 0 Å². The SMILES string of the molecule is CCC1CCN(CC2(C(C)C)CCNC2)C1. The van der Waals surface area contributed by atoms with Gasteiger partial charge in [0.25, 0.3) is 0 Å². The summed E-state index contributed by atoms with van der Waals surface area (Å²) in [5, 5.41) is 3.57. The smallest absolute Gasteiger partial charge is 0.00532 e. The predicted octanol–water partition coefficient (Wildman–Crippen LogP) is 2.35. The van der Waals surface area contributed by atoms with Gasteiger partial charge >= 0.3 is 0 Å². The van der Waals surface area contributed by atoms with Crippen molar-refractivity contribution in [2.24, 2.45) is 17.3 Å². The fourth-order valence-electron chi connectivity index (χ4n) is 3.41. The molecule has 2 atom stereocenters. The van der Waals surface area contributed by atoms with Crippen LogP contribution in [0.15, 0.2) is 0 Å². The van der Waals surface area contributed by atoms with Crippen molar-refractivity contribution in [3.05, 3.63) is 0 Å². The summed E-state index contributed by atoms with van der Waals surface area (Å²) in [4.78, 5) is 2.72. The summed E-state index contributed by atoms with van der Waals surface area (Å²) in [6.45, 7) is 13.6. The molecule has 0 saturated carbocycles. The molecule has 2 rings (SSSR count). The Kier molecular flexibility index (Phi) is 3.91. The van der Waals surface area contributed by atoms with Crippen LogP contribution in [-0.4, -0.2) is 37.6 Å². The van der Waals surface area contributed by atoms with Crippen LogP contribution >= 0.6 is 0 Å². The van der Waals surface area contributed by atoms with Gasteiger partial charge in [-0.15, -0.1) is 0 Å². The largest absolute Gasteiger partial charge is 0.316 e. The van der Waals surface area contributed by atoms with Crippen LogP contribution in [0, 0.1) is 17.3 Å². The number of hydrogen-bond acceptors (Lipinski definition) is 2. The number of nitrogens with zero attached hydrogens (tertiary/aromatic N) is 1. The number of rotatable bonds is 4. The molecule has 2 unspecified atom stereocenters. The molecule has 0 radical (unpaired) electrons. The van der Waals surface area contributed by atoms with E-state index >= 15 is 0 Å². The molecule has 0 bridgehead atoms. The van der Waals surface area contributed by atoms with Crippen molar-refractivity contribution >= 4 is 0 Å². The molecule has 1 N–H and O–H groups in total. The molecular weight excluding hydrogens is 196 g/mol. The van der Waals surface area contributed by atoms with Crippen molar-refractivity contribution in [2.45, 2.75) is 40.0 Å². The Labute approximate surface area is 101 Å². The van der Waals surface area contributed by atoms with Gasteiger partial charge in [-0.25, -0.2) is 0 Å². The molecule has 2 aliphatic rings. The minimum atomic E-state index is 0.558. The van der Waals surface area contributed by atoms with Crippen LogP contribution in [0.2, 0.25) is 0 Å². The van der Waals surface area contributed by atoms with Crippen LogP contribution < -0.4 is 5.32 Å². The summed E-state index contributed by atoms with van der Waals surface area (Å²) in [6, 6.07) is 0. The van der Waals surface area contributed by atoms with Gasteiger partial charge < -0.3 is 10.2 Å². The molecule has 2 saturated heterocycles. The molecule has 2 fully saturated rings. The van der Waals surface area contributed by atoms with E-state index < -0.39 is 0 Å². The summed E-state index contributed by atoms with van der Waals surface area (Å²) in [6.07, 6.45) is 4.17. The van der Waals surface area contributed by atoms with Crippen molar-refractivity contribution in [3.8, 4) is 0 Å². The molecular formula is C14H28N2. The van der Waals surface area contributed by atoms with Gasteiger partial charge in [0.1, 0.15) is 0 Å². The highest BCUT2D eigenvalue weighted by atomic mass is 15.2. The lowest BCUT2D eigenvalue weighted by Gasteiger charge is -2.36. The van der Waals surface area contributed by atoms with Crippen LogP contribution in [0.1, 0.15) is 40.0 Å². The van der Waals surface area contributed by atoms with E-state index in [1.165, 1.54) is 52.0 Å². The lowest BCUT2D eigenvalue weighted by Crippen LogP contribution is -2.41. The van der Waals surface area contributed by atoms with Crippen LogP contribution in [0.3, 0.4) is 0 Å². The number of hydrogen-bond donors (Lipinski definition) is 1. The molecule has 0 amide bonds. The van der Waals surface area contributed by atoms with Gasteiger partial charge in [0.05, 0.1) is 0 Å². The van der Waals surface area contributed by atoms with Gasteiger partial charge in [0.15, 0.2) is 0 Å². The highest BCUT2D eigenvalue weighted by molar-refractivity contribution is 4.94. The number of likely N-dealkylation sites (tertiary alicyclic amines) is 1. The Morgan fingerprint density at radius 3 is 2.75 bits per heavy atom. The summed E-state index contributed by atoms with van der Waals surface area (Å²) in [5.41, 5.74) is 0.558. The average Bonchev–Trinajstić information content (AvgIpc) is 2.88. The minimum Gasteiger partial charge on any atom is -0.316 e. The summed E-state index contributed by atoms with van der Waals surface area (Å²) < 4.78 is 0. The van der Waals surface area contributed by atoms with Crippen molar-refractivity contribution in [3.63, 3.8) is 0 Å². The third-order valence-corrected chi connectivity index (χ3v) is 4.99. The van der Waals surface area contributed by atoms with Gasteiger partial charge in [0, 0.05) is 19.6 Å². The molecule has 2 nitrogen and oxygen atoms in total. The van der Waals surface area contributed by atoms with E-state index in [0.717, 1.165) is 11.8 Å². The zero-order chi connectivity index (χ0) is 11.6. The molecule has 2 heterocycles. The van der Waals surface area contributed by atoms with Crippen LogP contribution in [0.5, 0.6) is 0 Å². The molecule has 2 heteroatoms. The average molecular weight is 224 g/mol. The van der Waals surface area contributed by atoms with Gasteiger partial charge in [-0.3, -0.25) is 0 Å². The van der Waals surface area contributed by atoms with Crippen molar-refractivity contribution in [1.82, 2.24) is 10.2 Å². The molecule has 0 aliphatic carbocycles. The van der Waals surface area contributed by atoms with Gasteiger partial charge in [-0.05, 0) is 43.2 Å². The monoisotopic (exact) mass is 224 g/mol. The van der Waals surface area contributed by atoms with Crippen molar-refractivity contribution < 1.29 is 0 Å². The maximum absolute atomic E-state index is 3.57. The van der Waals surface area contributed by atoms with Gasteiger partial charge in [-0.1, -0.05) is 27.2 Å². The van der Waals surface area contributed by atoms with E-state index in [4.69, 9.17) is 0 Å². The minimum absolute atomic E-state index is 0.558. The van der Waals surface area contributed by atoms with Crippen molar-refractivity contribution in [2.75, 3.05) is 32.7 Å². The first-order valence-corrected chi connectivity index (χ1v) is 7.09. The first kappa shape index (κ1) is 12.4. The fourth-order valence-corrected chi connectivity index (χ4v) is 3.41. The lowest BCUT2D eigenvalue weighted by molar-refractivity contribution is 0.132. The third kappa shape index (κ3) is 2.43. The molecule has 0 aromatic carbocycles. The van der Waals surface area contributed by atoms with E-state index in [1.807, 2.05) is 0 Å². The van der Waals surface area contributed by atoms with E-state index in [0.29, 0.717) is 5.41 Å². The van der Waals surface area contributed by atoms with Gasteiger partial charge in [0.2, 0.25) is 0 Å². The van der Waals surface area contributed by atoms with Crippen molar-refractivity contribution in [1.29, 1.82) is 0 Å². The number of nitrogens with one attached hydrogen (secondary N) is 1. The van der Waals surface area contributed by atoms with E-state index in [-0.39, 0.29) is 0 Å². The van der Waals surface area contributed by atoms with Crippen LogP contribution in [0.25, 0.3) is 0 Å². The highest BCUT2D eigenvalue weighted by Gasteiger charge is 2.39. The molecule has 0 spiro atoms. The lowest BCUT2D eigenvalue weighted by atomic mass is 9.76. The standard InChI is InChI=1S/C14H28N2/c1-4-13-5-8-16(9-13)11-14(12(2)3)6-7-15-10-14/h12-13,15H,4-11H2,1-3H3. The van der Waals surface area contributed by atoms with Crippen LogP contribution in [-0.2, 0) is 0 Å². The maximum Gasteiger partial charge on any atom is 0.00532 e. The molecule has 2 aliphatic heterocycles.